The van der Waals surface area contributed by atoms with Gasteiger partial charge in [0.05, 0.1) is 11.5 Å². The van der Waals surface area contributed by atoms with Gasteiger partial charge in [0.2, 0.25) is 5.95 Å². The molecule has 0 radical (unpaired) electrons. The van der Waals surface area contributed by atoms with Crippen molar-refractivity contribution in [3.05, 3.63) is 17.5 Å². The van der Waals surface area contributed by atoms with Gasteiger partial charge in [-0.15, -0.1) is 0 Å². The van der Waals surface area contributed by atoms with Crippen LogP contribution in [-0.2, 0) is 9.84 Å². The smallest absolute Gasteiger partial charge is 0.270 e. The van der Waals surface area contributed by atoms with Gasteiger partial charge in [-0.3, -0.25) is 4.79 Å². The lowest BCUT2D eigenvalue weighted by Crippen LogP contribution is -2.38. The topological polar surface area (TPSA) is 92.3 Å². The number of unbranched alkanes of at least 4 members (excludes halogenated alkanes) is 2. The Labute approximate surface area is 150 Å². The Morgan fingerprint density at radius 1 is 1.32 bits per heavy atom. The average molecular weight is 369 g/mol. The minimum atomic E-state index is -2.99. The molecule has 8 heteroatoms. The lowest BCUT2D eigenvalue weighted by atomic mass is 10.2. The summed E-state index contributed by atoms with van der Waals surface area (Å²) < 4.78 is 23.5. The van der Waals surface area contributed by atoms with Gasteiger partial charge in [0.1, 0.15) is 5.69 Å². The van der Waals surface area contributed by atoms with Crippen LogP contribution in [0.15, 0.2) is 6.07 Å². The number of hydrogen-bond acceptors (Lipinski definition) is 6. The van der Waals surface area contributed by atoms with Gasteiger partial charge in [-0.1, -0.05) is 19.8 Å². The van der Waals surface area contributed by atoms with Crippen molar-refractivity contribution in [1.82, 2.24) is 15.3 Å². The molecule has 1 aromatic rings. The highest BCUT2D eigenvalue weighted by Crippen LogP contribution is 2.22. The molecular formula is C17H28N4O3S. The molecular weight excluding hydrogens is 340 g/mol. The van der Waals surface area contributed by atoms with Crippen LogP contribution in [0.2, 0.25) is 0 Å². The number of amides is 1. The van der Waals surface area contributed by atoms with Crippen LogP contribution in [0.4, 0.5) is 5.95 Å². The van der Waals surface area contributed by atoms with Crippen molar-refractivity contribution in [3.63, 3.8) is 0 Å². The molecule has 0 bridgehead atoms. The highest BCUT2D eigenvalue weighted by atomic mass is 32.2. The number of aromatic nitrogens is 2. The number of carbonyl (C=O) groups excluding carboxylic acids is 1. The summed E-state index contributed by atoms with van der Waals surface area (Å²) in [4.78, 5) is 23.1. The van der Waals surface area contributed by atoms with Gasteiger partial charge in [0, 0.05) is 24.8 Å². The zero-order valence-corrected chi connectivity index (χ0v) is 16.1. The van der Waals surface area contributed by atoms with Gasteiger partial charge in [-0.25, -0.2) is 18.4 Å². The van der Waals surface area contributed by atoms with Gasteiger partial charge in [-0.2, -0.15) is 0 Å². The summed E-state index contributed by atoms with van der Waals surface area (Å²) in [6, 6.07) is 1.54. The van der Waals surface area contributed by atoms with E-state index in [4.69, 9.17) is 0 Å². The van der Waals surface area contributed by atoms with Crippen molar-refractivity contribution in [1.29, 1.82) is 0 Å². The third-order valence-corrected chi connectivity index (χ3v) is 6.14. The normalized spacial score (nSPS) is 18.9. The van der Waals surface area contributed by atoms with Gasteiger partial charge in [-0.05, 0) is 32.8 Å². The van der Waals surface area contributed by atoms with Gasteiger partial charge >= 0.3 is 0 Å². The Morgan fingerprint density at radius 3 is 2.68 bits per heavy atom. The molecule has 1 saturated heterocycles. The standard InChI is InChI=1S/C17H28N4O3S/c1-4-6-7-9-18-16(22)15-11-13(3)19-17(20-15)21(5-2)14-8-10-25(23,24)12-14/h11,14H,4-10,12H2,1-3H3,(H,18,22). The molecule has 0 spiro atoms. The Kier molecular flexibility index (Phi) is 6.75. The van der Waals surface area contributed by atoms with E-state index in [1.165, 1.54) is 0 Å². The second-order valence-corrected chi connectivity index (χ2v) is 8.73. The summed E-state index contributed by atoms with van der Waals surface area (Å²) in [5.74, 6) is 0.544. The maximum atomic E-state index is 12.3. The van der Waals surface area contributed by atoms with Crippen molar-refractivity contribution in [3.8, 4) is 0 Å². The van der Waals surface area contributed by atoms with E-state index in [2.05, 4.69) is 22.2 Å². The van der Waals surface area contributed by atoms with E-state index in [1.807, 2.05) is 18.7 Å². The van der Waals surface area contributed by atoms with E-state index < -0.39 is 9.84 Å². The van der Waals surface area contributed by atoms with Gasteiger partial charge < -0.3 is 10.2 Å². The molecule has 1 aliphatic rings. The molecule has 7 nitrogen and oxygen atoms in total. The molecule has 1 amide bonds. The molecule has 0 aliphatic carbocycles. The van der Waals surface area contributed by atoms with Crippen LogP contribution in [0, 0.1) is 6.92 Å². The number of nitrogens with zero attached hydrogens (tertiary/aromatic N) is 3. The fraction of sp³-hybridized carbons (Fsp3) is 0.706. The SMILES string of the molecule is CCCCCNC(=O)c1cc(C)nc(N(CC)C2CCS(=O)(=O)C2)n1. The molecule has 1 N–H and O–H groups in total. The number of aryl methyl sites for hydroxylation is 1. The van der Waals surface area contributed by atoms with Crippen LogP contribution in [0.5, 0.6) is 0 Å². The van der Waals surface area contributed by atoms with Crippen LogP contribution >= 0.6 is 0 Å². The summed E-state index contributed by atoms with van der Waals surface area (Å²) in [6.07, 6.45) is 3.70. The van der Waals surface area contributed by atoms with Crippen molar-refractivity contribution < 1.29 is 13.2 Å². The lowest BCUT2D eigenvalue weighted by Gasteiger charge is -2.27. The minimum Gasteiger partial charge on any atom is -0.351 e. The third-order valence-electron chi connectivity index (χ3n) is 4.39. The number of hydrogen-bond donors (Lipinski definition) is 1. The zero-order valence-electron chi connectivity index (χ0n) is 15.3. The van der Waals surface area contributed by atoms with Crippen molar-refractivity contribution in [2.75, 3.05) is 29.5 Å². The Balaban J connectivity index is 2.15. The van der Waals surface area contributed by atoms with Crippen LogP contribution in [0.3, 0.4) is 0 Å². The molecule has 25 heavy (non-hydrogen) atoms. The zero-order chi connectivity index (χ0) is 18.4. The first-order valence-electron chi connectivity index (χ1n) is 8.97. The highest BCUT2D eigenvalue weighted by Gasteiger charge is 2.33. The molecule has 2 heterocycles. The number of anilines is 1. The molecule has 2 rings (SSSR count). The second-order valence-electron chi connectivity index (χ2n) is 6.50. The maximum absolute atomic E-state index is 12.3. The van der Waals surface area contributed by atoms with Crippen LogP contribution in [0.1, 0.15) is 55.7 Å². The quantitative estimate of drug-likeness (QED) is 0.703. The lowest BCUT2D eigenvalue weighted by molar-refractivity contribution is 0.0947. The number of rotatable bonds is 8. The summed E-state index contributed by atoms with van der Waals surface area (Å²) in [7, 11) is -2.99. The Hall–Kier alpha value is -1.70. The van der Waals surface area contributed by atoms with E-state index in [9.17, 15) is 13.2 Å². The first-order chi connectivity index (χ1) is 11.9. The van der Waals surface area contributed by atoms with E-state index in [-0.39, 0.29) is 23.5 Å². The Bertz CT molecular complexity index is 706. The van der Waals surface area contributed by atoms with Gasteiger partial charge in [0.25, 0.3) is 5.91 Å². The molecule has 0 aromatic carbocycles. The van der Waals surface area contributed by atoms with E-state index in [1.54, 1.807) is 6.07 Å². The summed E-state index contributed by atoms with van der Waals surface area (Å²) in [5.41, 5.74) is 1.03. The predicted octanol–water partition coefficient (Wildman–Crippen LogP) is 1.72. The summed E-state index contributed by atoms with van der Waals surface area (Å²) in [5, 5.41) is 2.88. The van der Waals surface area contributed by atoms with Gasteiger partial charge in [0.15, 0.2) is 9.84 Å². The molecule has 1 atom stereocenters. The fourth-order valence-electron chi connectivity index (χ4n) is 3.05. The molecule has 1 aromatic heterocycles. The average Bonchev–Trinajstić information content (AvgIpc) is 2.91. The predicted molar refractivity (Wildman–Crippen MR) is 98.7 cm³/mol. The molecule has 140 valence electrons. The van der Waals surface area contributed by atoms with Crippen molar-refractivity contribution in [2.45, 2.75) is 52.5 Å². The number of carbonyl (C=O) groups is 1. The molecule has 1 unspecified atom stereocenters. The van der Waals surface area contributed by atoms with Crippen molar-refractivity contribution >= 4 is 21.7 Å². The second kappa shape index (κ2) is 8.60. The maximum Gasteiger partial charge on any atom is 0.270 e. The van der Waals surface area contributed by atoms with Crippen molar-refractivity contribution in [2.24, 2.45) is 0 Å². The summed E-state index contributed by atoms with van der Waals surface area (Å²) >= 11 is 0. The fourth-order valence-corrected chi connectivity index (χ4v) is 4.78. The third kappa shape index (κ3) is 5.39. The highest BCUT2D eigenvalue weighted by molar-refractivity contribution is 7.91. The largest absolute Gasteiger partial charge is 0.351 e. The first kappa shape index (κ1) is 19.6. The Morgan fingerprint density at radius 2 is 2.08 bits per heavy atom. The molecule has 1 aliphatic heterocycles. The van der Waals surface area contributed by atoms with E-state index in [0.29, 0.717) is 36.8 Å². The minimum absolute atomic E-state index is 0.122. The van der Waals surface area contributed by atoms with E-state index >= 15 is 0 Å². The van der Waals surface area contributed by atoms with E-state index in [0.717, 1.165) is 19.3 Å². The number of nitrogens with one attached hydrogen (secondary N) is 1. The van der Waals surface area contributed by atoms with Crippen LogP contribution < -0.4 is 10.2 Å². The first-order valence-corrected chi connectivity index (χ1v) is 10.8. The van der Waals surface area contributed by atoms with Crippen LogP contribution in [-0.4, -0.2) is 54.9 Å². The molecule has 0 saturated carbocycles. The summed E-state index contributed by atoms with van der Waals surface area (Å²) in [6.45, 7) is 7.11. The number of sulfone groups is 1. The monoisotopic (exact) mass is 368 g/mol. The van der Waals surface area contributed by atoms with Crippen LogP contribution in [0.25, 0.3) is 0 Å². The molecule has 1 fully saturated rings.